The van der Waals surface area contributed by atoms with Crippen molar-refractivity contribution in [3.63, 3.8) is 0 Å². The summed E-state index contributed by atoms with van der Waals surface area (Å²) >= 11 is 0. The lowest BCUT2D eigenvalue weighted by Gasteiger charge is -2.19. The van der Waals surface area contributed by atoms with Gasteiger partial charge in [-0.15, -0.1) is 0 Å². The topological polar surface area (TPSA) is 18.5 Å². The van der Waals surface area contributed by atoms with Crippen molar-refractivity contribution < 1.29 is 9.16 Å². The van der Waals surface area contributed by atoms with Gasteiger partial charge in [0.25, 0.3) is 0 Å². The number of methoxy groups -OCH3 is 1. The summed E-state index contributed by atoms with van der Waals surface area (Å²) in [4.78, 5) is 0. The largest absolute Gasteiger partial charge is 0.548 e. The van der Waals surface area contributed by atoms with Gasteiger partial charge >= 0.3 is 0 Å². The van der Waals surface area contributed by atoms with Crippen molar-refractivity contribution in [1.82, 2.24) is 0 Å². The Kier molecular flexibility index (Phi) is 3.81. The van der Waals surface area contributed by atoms with Gasteiger partial charge in [-0.3, -0.25) is 0 Å². The summed E-state index contributed by atoms with van der Waals surface area (Å²) in [6.07, 6.45) is 4.52. The molecule has 0 radical (unpaired) electrons. The Hall–Kier alpha value is -1.22. The van der Waals surface area contributed by atoms with E-state index in [0.29, 0.717) is 5.92 Å². The summed E-state index contributed by atoms with van der Waals surface area (Å²) in [6.45, 7) is 6.69. The Balaban J connectivity index is 2.06. The molecule has 0 saturated carbocycles. The Morgan fingerprint density at radius 3 is 2.33 bits per heavy atom. The van der Waals surface area contributed by atoms with Crippen molar-refractivity contribution in [2.75, 3.05) is 7.11 Å². The van der Waals surface area contributed by atoms with E-state index in [1.165, 1.54) is 11.3 Å². The Morgan fingerprint density at radius 2 is 1.78 bits per heavy atom. The molecule has 1 aliphatic rings. The first-order valence-corrected chi connectivity index (χ1v) is 9.92. The molecular formula is C15H22O2Si. The second-order valence-corrected chi connectivity index (χ2v) is 10.2. The Morgan fingerprint density at radius 1 is 1.11 bits per heavy atom. The highest BCUT2D eigenvalue weighted by Gasteiger charge is 2.23. The first-order valence-electron chi connectivity index (χ1n) is 6.51. The van der Waals surface area contributed by atoms with Gasteiger partial charge in [0.15, 0.2) is 0 Å². The number of ether oxygens (including phenoxy) is 1. The number of hydrogen-bond donors (Lipinski definition) is 0. The van der Waals surface area contributed by atoms with E-state index in [-0.39, 0.29) is 0 Å². The van der Waals surface area contributed by atoms with E-state index in [1.54, 1.807) is 7.11 Å². The zero-order valence-electron chi connectivity index (χ0n) is 11.7. The maximum Gasteiger partial charge on any atom is 0.241 e. The molecule has 98 valence electrons. The van der Waals surface area contributed by atoms with Crippen LogP contribution in [0, 0.1) is 0 Å². The fraction of sp³-hybridized carbons (Fsp3) is 0.467. The van der Waals surface area contributed by atoms with Crippen LogP contribution < -0.4 is 4.74 Å². The summed E-state index contributed by atoms with van der Waals surface area (Å²) in [5, 5.41) is 0. The molecule has 0 spiro atoms. The van der Waals surface area contributed by atoms with E-state index >= 15 is 0 Å². The molecule has 3 heteroatoms. The molecule has 18 heavy (non-hydrogen) atoms. The van der Waals surface area contributed by atoms with Gasteiger partial charge < -0.3 is 9.16 Å². The first-order chi connectivity index (χ1) is 8.48. The SMILES string of the molecule is COc1ccc([C@@H]2C=C(O[Si](C)(C)C)CC2)cc1. The molecule has 0 bridgehead atoms. The fourth-order valence-electron chi connectivity index (χ4n) is 2.28. The average molecular weight is 262 g/mol. The lowest BCUT2D eigenvalue weighted by Crippen LogP contribution is -2.24. The molecule has 1 atom stereocenters. The smallest absolute Gasteiger partial charge is 0.241 e. The minimum Gasteiger partial charge on any atom is -0.548 e. The van der Waals surface area contributed by atoms with Crippen molar-refractivity contribution >= 4 is 8.32 Å². The van der Waals surface area contributed by atoms with Gasteiger partial charge in [-0.25, -0.2) is 0 Å². The van der Waals surface area contributed by atoms with Crippen LogP contribution in [0.15, 0.2) is 36.1 Å². The zero-order chi connectivity index (χ0) is 13.2. The van der Waals surface area contributed by atoms with E-state index in [0.717, 1.165) is 18.6 Å². The van der Waals surface area contributed by atoms with Crippen LogP contribution in [-0.2, 0) is 4.43 Å². The Bertz CT molecular complexity index is 429. The maximum absolute atomic E-state index is 6.07. The molecule has 0 fully saturated rings. The second-order valence-electron chi connectivity index (χ2n) is 5.77. The average Bonchev–Trinajstić information content (AvgIpc) is 2.75. The quantitative estimate of drug-likeness (QED) is 0.753. The third-order valence-corrected chi connectivity index (χ3v) is 3.94. The summed E-state index contributed by atoms with van der Waals surface area (Å²) in [6, 6.07) is 8.36. The molecule has 0 amide bonds. The molecule has 2 nitrogen and oxygen atoms in total. The molecule has 1 aromatic carbocycles. The minimum atomic E-state index is -1.46. The fourth-order valence-corrected chi connectivity index (χ4v) is 3.24. The van der Waals surface area contributed by atoms with E-state index < -0.39 is 8.32 Å². The lowest BCUT2D eigenvalue weighted by atomic mass is 9.99. The summed E-state index contributed by atoms with van der Waals surface area (Å²) < 4.78 is 11.3. The number of rotatable bonds is 4. The Labute approximate surface area is 111 Å². The van der Waals surface area contributed by atoms with Crippen molar-refractivity contribution in [2.45, 2.75) is 38.4 Å². The lowest BCUT2D eigenvalue weighted by molar-refractivity contribution is 0.408. The predicted octanol–water partition coefficient (Wildman–Crippen LogP) is 4.31. The van der Waals surface area contributed by atoms with Gasteiger partial charge in [0.2, 0.25) is 8.32 Å². The van der Waals surface area contributed by atoms with Crippen LogP contribution in [0.3, 0.4) is 0 Å². The van der Waals surface area contributed by atoms with Crippen LogP contribution in [0.25, 0.3) is 0 Å². The van der Waals surface area contributed by atoms with Crippen molar-refractivity contribution in [1.29, 1.82) is 0 Å². The highest BCUT2D eigenvalue weighted by molar-refractivity contribution is 6.70. The second kappa shape index (κ2) is 5.18. The van der Waals surface area contributed by atoms with Crippen LogP contribution in [0.5, 0.6) is 5.75 Å². The molecule has 0 heterocycles. The number of benzene rings is 1. The molecule has 0 unspecified atom stereocenters. The van der Waals surface area contributed by atoms with Crippen molar-refractivity contribution in [3.05, 3.63) is 41.7 Å². The number of allylic oxidation sites excluding steroid dienone is 2. The molecule has 0 aliphatic heterocycles. The van der Waals surface area contributed by atoms with Gasteiger partial charge in [0.1, 0.15) is 5.75 Å². The highest BCUT2D eigenvalue weighted by Crippen LogP contribution is 2.34. The van der Waals surface area contributed by atoms with Gasteiger partial charge in [0.05, 0.1) is 12.9 Å². The maximum atomic E-state index is 6.07. The van der Waals surface area contributed by atoms with E-state index in [1.807, 2.05) is 12.1 Å². The van der Waals surface area contributed by atoms with Crippen molar-refractivity contribution in [3.8, 4) is 5.75 Å². The molecule has 0 aromatic heterocycles. The zero-order valence-corrected chi connectivity index (χ0v) is 12.7. The van der Waals surface area contributed by atoms with Gasteiger partial charge in [-0.2, -0.15) is 0 Å². The van der Waals surface area contributed by atoms with E-state index in [2.05, 4.69) is 37.8 Å². The third kappa shape index (κ3) is 3.39. The molecule has 2 rings (SSSR count). The summed E-state index contributed by atoms with van der Waals surface area (Å²) in [5.41, 5.74) is 1.35. The van der Waals surface area contributed by atoms with E-state index in [9.17, 15) is 0 Å². The first kappa shape index (κ1) is 13.2. The van der Waals surface area contributed by atoms with Crippen LogP contribution in [0.2, 0.25) is 19.6 Å². The normalized spacial score (nSPS) is 19.6. The van der Waals surface area contributed by atoms with Crippen LogP contribution >= 0.6 is 0 Å². The predicted molar refractivity (Wildman–Crippen MR) is 77.5 cm³/mol. The van der Waals surface area contributed by atoms with Crippen LogP contribution in [0.1, 0.15) is 24.3 Å². The molecule has 0 N–H and O–H groups in total. The van der Waals surface area contributed by atoms with Crippen LogP contribution in [0.4, 0.5) is 0 Å². The summed E-state index contributed by atoms with van der Waals surface area (Å²) in [5.74, 6) is 2.61. The monoisotopic (exact) mass is 262 g/mol. The summed E-state index contributed by atoms with van der Waals surface area (Å²) in [7, 11) is 0.243. The van der Waals surface area contributed by atoms with Gasteiger partial charge in [-0.1, -0.05) is 12.1 Å². The minimum absolute atomic E-state index is 0.502. The molecule has 1 aromatic rings. The third-order valence-electron chi connectivity index (χ3n) is 3.07. The molecule has 0 saturated heterocycles. The molecular weight excluding hydrogens is 240 g/mol. The van der Waals surface area contributed by atoms with Gasteiger partial charge in [0, 0.05) is 12.3 Å². The highest BCUT2D eigenvalue weighted by atomic mass is 28.4. The van der Waals surface area contributed by atoms with Crippen molar-refractivity contribution in [2.24, 2.45) is 0 Å². The van der Waals surface area contributed by atoms with Crippen LogP contribution in [-0.4, -0.2) is 15.4 Å². The standard InChI is InChI=1S/C15H22O2Si/c1-16-14-8-5-12(6-9-14)13-7-10-15(11-13)17-18(2,3)4/h5-6,8-9,11,13H,7,10H2,1-4H3/t13-/m0/s1. The van der Waals surface area contributed by atoms with Gasteiger partial charge in [-0.05, 0) is 49.8 Å². The number of hydrogen-bond acceptors (Lipinski definition) is 2. The molecule has 1 aliphatic carbocycles. The van der Waals surface area contributed by atoms with E-state index in [4.69, 9.17) is 9.16 Å².